The van der Waals surface area contributed by atoms with Gasteiger partial charge in [-0.15, -0.1) is 22.7 Å². The third-order valence-electron chi connectivity index (χ3n) is 4.64. The third kappa shape index (κ3) is 5.06. The van der Waals surface area contributed by atoms with Gasteiger partial charge in [0.15, 0.2) is 10.3 Å². The maximum Gasteiger partial charge on any atom is 0.260 e. The van der Waals surface area contributed by atoms with Crippen LogP contribution in [0.5, 0.6) is 0 Å². The molecule has 0 radical (unpaired) electrons. The van der Waals surface area contributed by atoms with E-state index in [4.69, 9.17) is 0 Å². The van der Waals surface area contributed by atoms with Crippen LogP contribution in [0.1, 0.15) is 27.2 Å². The van der Waals surface area contributed by atoms with Gasteiger partial charge in [0, 0.05) is 16.3 Å². The lowest BCUT2D eigenvalue weighted by Crippen LogP contribution is -2.15. The Morgan fingerprint density at radius 3 is 2.50 bits per heavy atom. The molecule has 2 amide bonds. The first kappa shape index (κ1) is 21.8. The fourth-order valence-corrected chi connectivity index (χ4v) is 4.57. The summed E-state index contributed by atoms with van der Waals surface area (Å²) in [5.74, 6) is -1.45. The number of anilines is 2. The van der Waals surface area contributed by atoms with Crippen LogP contribution in [-0.2, 0) is 11.2 Å². The number of thiazole rings is 2. The fraction of sp³-hybridized carbons (Fsp3) is 0.130. The third-order valence-corrected chi connectivity index (χ3v) is 6.21. The zero-order valence-electron chi connectivity index (χ0n) is 17.3. The molecule has 162 valence electrons. The van der Waals surface area contributed by atoms with Crippen molar-refractivity contribution in [3.8, 4) is 11.3 Å². The summed E-state index contributed by atoms with van der Waals surface area (Å²) in [6.45, 7) is 4.07. The molecule has 2 aromatic carbocycles. The molecule has 0 atom stereocenters. The number of nitrogens with one attached hydrogen (secondary N) is 2. The lowest BCUT2D eigenvalue weighted by atomic mass is 10.0. The Morgan fingerprint density at radius 2 is 1.72 bits per heavy atom. The van der Waals surface area contributed by atoms with Crippen molar-refractivity contribution in [2.75, 3.05) is 10.6 Å². The number of hydrogen-bond acceptors (Lipinski definition) is 6. The molecule has 0 aliphatic carbocycles. The molecular formula is C23H19FN4O2S2. The van der Waals surface area contributed by atoms with Crippen molar-refractivity contribution in [3.05, 3.63) is 81.4 Å². The van der Waals surface area contributed by atoms with Gasteiger partial charge in [-0.05, 0) is 31.5 Å². The Balaban J connectivity index is 1.36. The lowest BCUT2D eigenvalue weighted by Gasteiger charge is -2.04. The summed E-state index contributed by atoms with van der Waals surface area (Å²) in [4.78, 5) is 33.4. The van der Waals surface area contributed by atoms with Crippen molar-refractivity contribution in [2.45, 2.75) is 20.3 Å². The first-order valence-corrected chi connectivity index (χ1v) is 11.5. The molecule has 0 fully saturated rings. The number of hydrogen-bond donors (Lipinski definition) is 2. The van der Waals surface area contributed by atoms with E-state index >= 15 is 0 Å². The van der Waals surface area contributed by atoms with Gasteiger partial charge in [0.05, 0.1) is 23.4 Å². The second-order valence-electron chi connectivity index (χ2n) is 7.16. The van der Waals surface area contributed by atoms with Crippen LogP contribution in [0, 0.1) is 19.7 Å². The summed E-state index contributed by atoms with van der Waals surface area (Å²) >= 11 is 2.53. The van der Waals surface area contributed by atoms with Crippen LogP contribution >= 0.6 is 22.7 Å². The van der Waals surface area contributed by atoms with Gasteiger partial charge in [-0.2, -0.15) is 0 Å². The molecular weight excluding hydrogens is 447 g/mol. The molecule has 9 heteroatoms. The first-order valence-electron chi connectivity index (χ1n) is 9.72. The molecule has 0 unspecified atom stereocenters. The molecule has 0 aliphatic rings. The van der Waals surface area contributed by atoms with Crippen LogP contribution in [0.2, 0.25) is 0 Å². The number of carbonyl (C=O) groups excluding carboxylic acids is 2. The number of nitrogens with zero attached hydrogens (tertiary/aromatic N) is 2. The minimum atomic E-state index is -0.607. The van der Waals surface area contributed by atoms with Crippen molar-refractivity contribution >= 4 is 44.8 Å². The molecule has 0 saturated carbocycles. The van der Waals surface area contributed by atoms with Gasteiger partial charge in [-0.3, -0.25) is 14.9 Å². The van der Waals surface area contributed by atoms with Gasteiger partial charge in [-0.25, -0.2) is 14.4 Å². The maximum atomic E-state index is 13.7. The smallest absolute Gasteiger partial charge is 0.260 e. The van der Waals surface area contributed by atoms with Crippen LogP contribution in [0.15, 0.2) is 53.2 Å². The predicted molar refractivity (Wildman–Crippen MR) is 126 cm³/mol. The summed E-state index contributed by atoms with van der Waals surface area (Å²) in [6.07, 6.45) is 0.0323. The first-order chi connectivity index (χ1) is 15.4. The van der Waals surface area contributed by atoms with E-state index in [-0.39, 0.29) is 17.9 Å². The molecule has 0 bridgehead atoms. The summed E-state index contributed by atoms with van der Waals surface area (Å²) in [6, 6.07) is 11.9. The van der Waals surface area contributed by atoms with Crippen LogP contribution in [0.3, 0.4) is 0 Å². The van der Waals surface area contributed by atoms with Crippen LogP contribution < -0.4 is 10.6 Å². The van der Waals surface area contributed by atoms with Gasteiger partial charge in [0.2, 0.25) is 5.91 Å². The van der Waals surface area contributed by atoms with Crippen molar-refractivity contribution in [1.82, 2.24) is 9.97 Å². The Kier molecular flexibility index (Phi) is 6.38. The standard InChI is InChI=1S/C23H19FN4O2S2/c1-13-7-8-16(14(2)9-13)19-12-32-23(26-19)27-20(29)10-15-11-31-22(25-15)28-21(30)17-5-3-4-6-18(17)24/h3-9,11-12H,10H2,1-2H3,(H,25,28,30)(H,26,27,29). The van der Waals surface area contributed by atoms with Crippen LogP contribution in [-0.4, -0.2) is 21.8 Å². The van der Waals surface area contributed by atoms with Gasteiger partial charge in [-0.1, -0.05) is 35.9 Å². The van der Waals surface area contributed by atoms with E-state index in [0.29, 0.717) is 16.0 Å². The summed E-state index contributed by atoms with van der Waals surface area (Å²) in [5.41, 5.74) is 4.59. The highest BCUT2D eigenvalue weighted by atomic mass is 32.1. The average molecular weight is 467 g/mol. The van der Waals surface area contributed by atoms with Crippen molar-refractivity contribution in [1.29, 1.82) is 0 Å². The van der Waals surface area contributed by atoms with Gasteiger partial charge < -0.3 is 5.32 Å². The predicted octanol–water partition coefficient (Wildman–Crippen LogP) is 5.46. The van der Waals surface area contributed by atoms with E-state index in [1.54, 1.807) is 11.4 Å². The number of amides is 2. The monoisotopic (exact) mass is 466 g/mol. The maximum absolute atomic E-state index is 13.7. The lowest BCUT2D eigenvalue weighted by molar-refractivity contribution is -0.115. The number of halogens is 1. The second-order valence-corrected chi connectivity index (χ2v) is 8.88. The normalized spacial score (nSPS) is 10.7. The molecule has 0 spiro atoms. The number of aryl methyl sites for hydroxylation is 2. The summed E-state index contributed by atoms with van der Waals surface area (Å²) in [5, 5.41) is 9.75. The molecule has 0 aliphatic heterocycles. The Labute approximate surface area is 192 Å². The molecule has 32 heavy (non-hydrogen) atoms. The Morgan fingerprint density at radius 1 is 0.969 bits per heavy atom. The van der Waals surface area contributed by atoms with Gasteiger partial charge in [0.25, 0.3) is 5.91 Å². The van der Waals surface area contributed by atoms with Crippen molar-refractivity contribution in [3.63, 3.8) is 0 Å². The van der Waals surface area contributed by atoms with E-state index in [1.165, 1.54) is 46.4 Å². The zero-order chi connectivity index (χ0) is 22.7. The minimum absolute atomic E-state index is 0.0323. The Hall–Kier alpha value is -3.43. The van der Waals surface area contributed by atoms with E-state index in [9.17, 15) is 14.0 Å². The van der Waals surface area contributed by atoms with Gasteiger partial charge >= 0.3 is 0 Å². The molecule has 4 aromatic rings. The van der Waals surface area contributed by atoms with Gasteiger partial charge in [0.1, 0.15) is 5.82 Å². The van der Waals surface area contributed by atoms with E-state index < -0.39 is 11.7 Å². The quantitative estimate of drug-likeness (QED) is 0.395. The minimum Gasteiger partial charge on any atom is -0.302 e. The number of benzene rings is 2. The van der Waals surface area contributed by atoms with Crippen LogP contribution in [0.25, 0.3) is 11.3 Å². The van der Waals surface area contributed by atoms with E-state index in [2.05, 4.69) is 26.7 Å². The van der Waals surface area contributed by atoms with E-state index in [0.717, 1.165) is 16.8 Å². The highest BCUT2D eigenvalue weighted by molar-refractivity contribution is 7.14. The fourth-order valence-electron chi connectivity index (χ4n) is 3.14. The molecule has 4 rings (SSSR count). The topological polar surface area (TPSA) is 84.0 Å². The van der Waals surface area contributed by atoms with E-state index in [1.807, 2.05) is 31.4 Å². The zero-order valence-corrected chi connectivity index (χ0v) is 18.9. The SMILES string of the molecule is Cc1ccc(-c2csc(NC(=O)Cc3csc(NC(=O)c4ccccc4F)n3)n2)c(C)c1. The summed E-state index contributed by atoms with van der Waals surface area (Å²) < 4.78 is 13.7. The summed E-state index contributed by atoms with van der Waals surface area (Å²) in [7, 11) is 0. The molecule has 6 nitrogen and oxygen atoms in total. The van der Waals surface area contributed by atoms with Crippen LogP contribution in [0.4, 0.5) is 14.7 Å². The number of aromatic nitrogens is 2. The largest absolute Gasteiger partial charge is 0.302 e. The highest BCUT2D eigenvalue weighted by Gasteiger charge is 2.15. The molecule has 2 aromatic heterocycles. The Bertz CT molecular complexity index is 1300. The highest BCUT2D eigenvalue weighted by Crippen LogP contribution is 2.28. The average Bonchev–Trinajstić information content (AvgIpc) is 3.37. The molecule has 2 heterocycles. The van der Waals surface area contributed by atoms with Crippen molar-refractivity contribution < 1.29 is 14.0 Å². The second kappa shape index (κ2) is 9.37. The number of rotatable bonds is 6. The molecule has 0 saturated heterocycles. The van der Waals surface area contributed by atoms with Crippen molar-refractivity contribution in [2.24, 2.45) is 0 Å². The number of carbonyl (C=O) groups is 2. The molecule has 2 N–H and O–H groups in total.